The molecule has 0 radical (unpaired) electrons. The summed E-state index contributed by atoms with van der Waals surface area (Å²) in [6, 6.07) is 11.9. The Morgan fingerprint density at radius 3 is 2.44 bits per heavy atom. The Kier molecular flexibility index (Phi) is 6.39. The molecule has 2 rings (SSSR count). The van der Waals surface area contributed by atoms with Gasteiger partial charge in [-0.15, -0.1) is 0 Å². The number of anilines is 1. The average Bonchev–Trinajstić information content (AvgIpc) is 2.61. The number of aromatic carboxylic acids is 1. The third kappa shape index (κ3) is 5.24. The molecule has 0 heterocycles. The first-order valence-electron chi connectivity index (χ1n) is 7.96. The molecule has 0 bridgehead atoms. The van der Waals surface area contributed by atoms with Gasteiger partial charge in [0, 0.05) is 6.42 Å². The van der Waals surface area contributed by atoms with E-state index in [4.69, 9.17) is 14.6 Å². The lowest BCUT2D eigenvalue weighted by molar-refractivity contribution is -0.116. The molecule has 6 nitrogen and oxygen atoms in total. The minimum atomic E-state index is -1.05. The molecule has 0 saturated heterocycles. The van der Waals surface area contributed by atoms with E-state index in [1.807, 2.05) is 31.2 Å². The molecule has 0 fully saturated rings. The number of carboxylic acid groups (broad SMARTS) is 1. The van der Waals surface area contributed by atoms with Crippen LogP contribution in [0.15, 0.2) is 42.5 Å². The third-order valence-electron chi connectivity index (χ3n) is 3.60. The maximum Gasteiger partial charge on any atom is 0.335 e. The lowest BCUT2D eigenvalue weighted by Crippen LogP contribution is -2.13. The predicted octanol–water partition coefficient (Wildman–Crippen LogP) is 3.36. The van der Waals surface area contributed by atoms with Gasteiger partial charge in [0.05, 0.1) is 25.0 Å². The van der Waals surface area contributed by atoms with Gasteiger partial charge in [-0.25, -0.2) is 4.79 Å². The second kappa shape index (κ2) is 8.73. The summed E-state index contributed by atoms with van der Waals surface area (Å²) in [5.74, 6) is -0.102. The largest absolute Gasteiger partial charge is 0.495 e. The molecule has 2 aromatic carbocycles. The van der Waals surface area contributed by atoms with Crippen LogP contribution >= 0.6 is 0 Å². The van der Waals surface area contributed by atoms with Crippen molar-refractivity contribution >= 4 is 17.6 Å². The fraction of sp³-hybridized carbons (Fsp3) is 0.263. The van der Waals surface area contributed by atoms with Crippen LogP contribution in [0.4, 0.5) is 5.69 Å². The number of carbonyl (C=O) groups is 2. The summed E-state index contributed by atoms with van der Waals surface area (Å²) in [7, 11) is 1.43. The Labute approximate surface area is 146 Å². The lowest BCUT2D eigenvalue weighted by atomic mass is 10.1. The molecular weight excluding hydrogens is 322 g/mol. The molecule has 25 heavy (non-hydrogen) atoms. The van der Waals surface area contributed by atoms with Crippen LogP contribution in [0.5, 0.6) is 11.5 Å². The summed E-state index contributed by atoms with van der Waals surface area (Å²) in [5, 5.41) is 11.7. The third-order valence-corrected chi connectivity index (χ3v) is 3.60. The number of hydrogen-bond donors (Lipinski definition) is 2. The highest BCUT2D eigenvalue weighted by Gasteiger charge is 2.11. The van der Waals surface area contributed by atoms with E-state index in [2.05, 4.69) is 5.32 Å². The molecule has 0 aromatic heterocycles. The number of amides is 1. The maximum atomic E-state index is 12.1. The van der Waals surface area contributed by atoms with E-state index >= 15 is 0 Å². The molecule has 0 aliphatic heterocycles. The Morgan fingerprint density at radius 1 is 1.12 bits per heavy atom. The molecule has 2 aromatic rings. The molecule has 132 valence electrons. The summed E-state index contributed by atoms with van der Waals surface area (Å²) < 4.78 is 10.5. The molecule has 1 amide bonds. The van der Waals surface area contributed by atoms with Crippen LogP contribution in [0.3, 0.4) is 0 Å². The Hall–Kier alpha value is -3.02. The van der Waals surface area contributed by atoms with Gasteiger partial charge in [-0.05, 0) is 49.2 Å². The molecule has 0 atom stereocenters. The molecular formula is C19H21NO5. The minimum absolute atomic E-state index is 0.101. The van der Waals surface area contributed by atoms with Crippen LogP contribution in [-0.2, 0) is 11.2 Å². The van der Waals surface area contributed by atoms with Crippen LogP contribution in [0, 0.1) is 0 Å². The van der Waals surface area contributed by atoms with Crippen molar-refractivity contribution in [1.29, 1.82) is 0 Å². The van der Waals surface area contributed by atoms with Crippen molar-refractivity contribution in [2.75, 3.05) is 19.0 Å². The first kappa shape index (κ1) is 18.3. The summed E-state index contributed by atoms with van der Waals surface area (Å²) in [6.45, 7) is 2.54. The number of aryl methyl sites for hydroxylation is 1. The van der Waals surface area contributed by atoms with Crippen molar-refractivity contribution in [2.45, 2.75) is 19.8 Å². The number of ether oxygens (including phenoxy) is 2. The van der Waals surface area contributed by atoms with E-state index in [9.17, 15) is 9.59 Å². The summed E-state index contributed by atoms with van der Waals surface area (Å²) in [6.07, 6.45) is 0.894. The summed E-state index contributed by atoms with van der Waals surface area (Å²) >= 11 is 0. The van der Waals surface area contributed by atoms with Crippen molar-refractivity contribution in [3.8, 4) is 11.5 Å². The lowest BCUT2D eigenvalue weighted by Gasteiger charge is -2.11. The van der Waals surface area contributed by atoms with E-state index in [1.165, 1.54) is 25.3 Å². The number of carboxylic acids is 1. The van der Waals surface area contributed by atoms with Crippen LogP contribution in [0.1, 0.15) is 29.3 Å². The predicted molar refractivity (Wildman–Crippen MR) is 94.5 cm³/mol. The zero-order valence-electron chi connectivity index (χ0n) is 14.2. The average molecular weight is 343 g/mol. The monoisotopic (exact) mass is 343 g/mol. The SMILES string of the molecule is CCOc1ccc(CCC(=O)Nc2ccc(C(=O)O)cc2OC)cc1. The van der Waals surface area contributed by atoms with Crippen molar-refractivity contribution in [2.24, 2.45) is 0 Å². The zero-order valence-corrected chi connectivity index (χ0v) is 14.2. The van der Waals surface area contributed by atoms with Crippen LogP contribution in [-0.4, -0.2) is 30.7 Å². The highest BCUT2D eigenvalue weighted by molar-refractivity contribution is 5.94. The highest BCUT2D eigenvalue weighted by Crippen LogP contribution is 2.26. The van der Waals surface area contributed by atoms with Crippen molar-refractivity contribution in [3.05, 3.63) is 53.6 Å². The topological polar surface area (TPSA) is 84.9 Å². The van der Waals surface area contributed by atoms with E-state index in [0.717, 1.165) is 11.3 Å². The molecule has 0 aliphatic rings. The van der Waals surface area contributed by atoms with E-state index in [0.29, 0.717) is 30.9 Å². The Bertz CT molecular complexity index is 740. The first-order chi connectivity index (χ1) is 12.0. The number of hydrogen-bond acceptors (Lipinski definition) is 4. The van der Waals surface area contributed by atoms with E-state index in [-0.39, 0.29) is 11.5 Å². The number of nitrogens with one attached hydrogen (secondary N) is 1. The molecule has 0 saturated carbocycles. The van der Waals surface area contributed by atoms with Gasteiger partial charge in [-0.2, -0.15) is 0 Å². The number of methoxy groups -OCH3 is 1. The molecule has 0 aliphatic carbocycles. The van der Waals surface area contributed by atoms with Crippen molar-refractivity contribution in [1.82, 2.24) is 0 Å². The highest BCUT2D eigenvalue weighted by atomic mass is 16.5. The van der Waals surface area contributed by atoms with E-state index in [1.54, 1.807) is 0 Å². The van der Waals surface area contributed by atoms with Gasteiger partial charge in [0.15, 0.2) is 0 Å². The van der Waals surface area contributed by atoms with Gasteiger partial charge in [0.2, 0.25) is 5.91 Å². The maximum absolute atomic E-state index is 12.1. The van der Waals surface area contributed by atoms with Crippen molar-refractivity contribution < 1.29 is 24.2 Å². The molecule has 2 N–H and O–H groups in total. The van der Waals surface area contributed by atoms with Gasteiger partial charge in [0.25, 0.3) is 0 Å². The number of benzene rings is 2. The second-order valence-electron chi connectivity index (χ2n) is 5.35. The first-order valence-corrected chi connectivity index (χ1v) is 7.96. The standard InChI is InChI=1S/C19H21NO5/c1-3-25-15-8-4-13(5-9-15)6-11-18(21)20-16-10-7-14(19(22)23)12-17(16)24-2/h4-5,7-10,12H,3,6,11H2,1-2H3,(H,20,21)(H,22,23). The van der Waals surface area contributed by atoms with Gasteiger partial charge in [0.1, 0.15) is 11.5 Å². The molecule has 6 heteroatoms. The fourth-order valence-corrected chi connectivity index (χ4v) is 2.32. The van der Waals surface area contributed by atoms with Gasteiger partial charge >= 0.3 is 5.97 Å². The van der Waals surface area contributed by atoms with Crippen LogP contribution in [0.25, 0.3) is 0 Å². The normalized spacial score (nSPS) is 10.2. The minimum Gasteiger partial charge on any atom is -0.495 e. The zero-order chi connectivity index (χ0) is 18.2. The van der Waals surface area contributed by atoms with Gasteiger partial charge in [-0.1, -0.05) is 12.1 Å². The number of rotatable bonds is 8. The van der Waals surface area contributed by atoms with Gasteiger partial charge in [-0.3, -0.25) is 4.79 Å². The quantitative estimate of drug-likeness (QED) is 0.768. The van der Waals surface area contributed by atoms with E-state index < -0.39 is 5.97 Å². The summed E-state index contributed by atoms with van der Waals surface area (Å²) in [5.41, 5.74) is 1.58. The van der Waals surface area contributed by atoms with Gasteiger partial charge < -0.3 is 19.9 Å². The van der Waals surface area contributed by atoms with Crippen LogP contribution < -0.4 is 14.8 Å². The summed E-state index contributed by atoms with van der Waals surface area (Å²) in [4.78, 5) is 23.1. The smallest absolute Gasteiger partial charge is 0.335 e. The van der Waals surface area contributed by atoms with Crippen molar-refractivity contribution in [3.63, 3.8) is 0 Å². The molecule has 0 spiro atoms. The second-order valence-corrected chi connectivity index (χ2v) is 5.35. The Balaban J connectivity index is 1.94. The molecule has 0 unspecified atom stereocenters. The number of carbonyl (C=O) groups excluding carboxylic acids is 1. The van der Waals surface area contributed by atoms with Crippen LogP contribution in [0.2, 0.25) is 0 Å². The Morgan fingerprint density at radius 2 is 1.84 bits per heavy atom. The fourth-order valence-electron chi connectivity index (χ4n) is 2.32.